The first-order chi connectivity index (χ1) is 1.73. The molecule has 0 bridgehead atoms. The third-order valence-electron chi connectivity index (χ3n) is 0. The molecule has 0 aliphatic carbocycles. The molecule has 0 aliphatic heterocycles. The van der Waals surface area contributed by atoms with Gasteiger partial charge in [0.1, 0.15) is 0 Å². The fraction of sp³-hybridized carbons (Fsp3) is 0. The molecule has 8 heavy (non-hydrogen) atoms. The SMILES string of the molecule is OB(O)O.[H-].[H-].[H-].[H-].[K+].[K+].[K+].[K+]. The normalized spacial score (nSPS) is 3.38. The van der Waals surface area contributed by atoms with Gasteiger partial charge < -0.3 is 20.8 Å². The van der Waals surface area contributed by atoms with Crippen molar-refractivity contribution in [2.24, 2.45) is 0 Å². The van der Waals surface area contributed by atoms with E-state index in [-0.39, 0.29) is 211 Å². The molecule has 32 valence electrons. The molecule has 3 N–H and O–H groups in total. The maximum atomic E-state index is 7.17. The number of hydrogen-bond acceptors (Lipinski definition) is 3. The summed E-state index contributed by atoms with van der Waals surface area (Å²) in [5.74, 6) is 0. The van der Waals surface area contributed by atoms with Crippen LogP contribution in [0.1, 0.15) is 5.71 Å². The van der Waals surface area contributed by atoms with Crippen LogP contribution in [0.3, 0.4) is 0 Å². The van der Waals surface area contributed by atoms with Gasteiger partial charge in [-0.25, -0.2) is 0 Å². The van der Waals surface area contributed by atoms with Crippen molar-refractivity contribution in [2.75, 3.05) is 0 Å². The predicted octanol–water partition coefficient (Wildman–Crippen LogP) is -13.6. The van der Waals surface area contributed by atoms with E-state index in [4.69, 9.17) is 15.1 Å². The zero-order chi connectivity index (χ0) is 3.58. The fourth-order valence-corrected chi connectivity index (χ4v) is 0. The standard InChI is InChI=1S/BH3O3.4K.4H/c2-1(3)4;;;;;;;;/h2-4H;;;;;;;;/q;4*+1;4*-1. The van der Waals surface area contributed by atoms with Gasteiger partial charge in [0.05, 0.1) is 0 Å². The number of rotatable bonds is 0. The van der Waals surface area contributed by atoms with Gasteiger partial charge in [0.15, 0.2) is 0 Å². The summed E-state index contributed by atoms with van der Waals surface area (Å²) in [6.07, 6.45) is 0. The quantitative estimate of drug-likeness (QED) is 0.357. The first kappa shape index (κ1) is 29.3. The topological polar surface area (TPSA) is 60.7 Å². The third kappa shape index (κ3) is 39.1. The van der Waals surface area contributed by atoms with E-state index in [9.17, 15) is 0 Å². The van der Waals surface area contributed by atoms with E-state index in [0.29, 0.717) is 0 Å². The van der Waals surface area contributed by atoms with Crippen molar-refractivity contribution >= 4 is 7.32 Å². The molecule has 0 aliphatic rings. The zero-order valence-corrected chi connectivity index (χ0v) is 18.4. The van der Waals surface area contributed by atoms with Crippen molar-refractivity contribution in [3.05, 3.63) is 0 Å². The van der Waals surface area contributed by atoms with Crippen molar-refractivity contribution in [2.45, 2.75) is 0 Å². The summed E-state index contributed by atoms with van der Waals surface area (Å²) in [5.41, 5.74) is 0. The summed E-state index contributed by atoms with van der Waals surface area (Å²) in [4.78, 5) is 0. The van der Waals surface area contributed by atoms with Gasteiger partial charge in [0.2, 0.25) is 0 Å². The van der Waals surface area contributed by atoms with Crippen LogP contribution in [-0.2, 0) is 0 Å². The molecule has 3 nitrogen and oxygen atoms in total. The van der Waals surface area contributed by atoms with E-state index in [0.717, 1.165) is 0 Å². The van der Waals surface area contributed by atoms with Gasteiger partial charge >= 0.3 is 213 Å². The van der Waals surface area contributed by atoms with Crippen LogP contribution < -0.4 is 206 Å². The molecule has 0 atom stereocenters. The molecule has 0 saturated heterocycles. The third-order valence-corrected chi connectivity index (χ3v) is 0. The molecule has 0 aromatic carbocycles. The van der Waals surface area contributed by atoms with Gasteiger partial charge in [-0.1, -0.05) is 0 Å². The molecular formula is H7BK4O3. The van der Waals surface area contributed by atoms with Crippen molar-refractivity contribution in [3.8, 4) is 0 Å². The van der Waals surface area contributed by atoms with Crippen molar-refractivity contribution in [1.29, 1.82) is 0 Å². The average molecular weight is 222 g/mol. The molecule has 0 heterocycles. The van der Waals surface area contributed by atoms with Crippen LogP contribution in [0.25, 0.3) is 0 Å². The first-order valence-corrected chi connectivity index (χ1v) is 0.775. The monoisotopic (exact) mass is 222 g/mol. The van der Waals surface area contributed by atoms with E-state index in [1.165, 1.54) is 0 Å². The Bertz CT molecular complexity index is 27.0. The van der Waals surface area contributed by atoms with E-state index in [1.54, 1.807) is 0 Å². The smallest absolute Gasteiger partial charge is 1.00 e. The summed E-state index contributed by atoms with van der Waals surface area (Å²) >= 11 is 0. The molecule has 0 saturated carbocycles. The van der Waals surface area contributed by atoms with Gasteiger partial charge in [-0.3, -0.25) is 0 Å². The largest absolute Gasteiger partial charge is 1.00 e. The first-order valence-electron chi connectivity index (χ1n) is 0.775. The minimum atomic E-state index is -2.17. The maximum absolute atomic E-state index is 7.17. The molecule has 0 radical (unpaired) electrons. The summed E-state index contributed by atoms with van der Waals surface area (Å²) in [6.45, 7) is 0. The van der Waals surface area contributed by atoms with Crippen molar-refractivity contribution in [1.82, 2.24) is 0 Å². The maximum Gasteiger partial charge on any atom is 1.00 e. The average Bonchev–Trinajstić information content (AvgIpc) is 0.811. The van der Waals surface area contributed by atoms with Crippen LogP contribution >= 0.6 is 0 Å². The Morgan fingerprint density at radius 1 is 0.750 bits per heavy atom. The minimum absolute atomic E-state index is 0. The zero-order valence-electron chi connectivity index (χ0n) is 9.92. The van der Waals surface area contributed by atoms with Crippen LogP contribution in [0.2, 0.25) is 0 Å². The molecule has 0 fully saturated rings. The Morgan fingerprint density at radius 3 is 0.750 bits per heavy atom. The van der Waals surface area contributed by atoms with Gasteiger partial charge in [-0.05, 0) is 0 Å². The van der Waals surface area contributed by atoms with E-state index in [2.05, 4.69) is 0 Å². The van der Waals surface area contributed by atoms with Crippen LogP contribution in [0.5, 0.6) is 0 Å². The molecular weight excluding hydrogens is 215 g/mol. The second kappa shape index (κ2) is 23.4. The van der Waals surface area contributed by atoms with Crippen LogP contribution in [0.4, 0.5) is 0 Å². The second-order valence-electron chi connectivity index (χ2n) is 0.346. The van der Waals surface area contributed by atoms with Crippen LogP contribution in [-0.4, -0.2) is 22.4 Å². The molecule has 0 aromatic heterocycles. The molecule has 0 unspecified atom stereocenters. The molecule has 0 spiro atoms. The van der Waals surface area contributed by atoms with E-state index >= 15 is 0 Å². The Kier molecular flexibility index (Phi) is 85.5. The molecule has 0 aromatic rings. The van der Waals surface area contributed by atoms with Crippen LogP contribution in [0, 0.1) is 0 Å². The van der Waals surface area contributed by atoms with Crippen molar-refractivity contribution in [3.63, 3.8) is 0 Å². The van der Waals surface area contributed by atoms with E-state index < -0.39 is 7.32 Å². The Morgan fingerprint density at radius 2 is 0.750 bits per heavy atom. The molecule has 0 amide bonds. The fourth-order valence-electron chi connectivity index (χ4n) is 0. The molecule has 0 rings (SSSR count). The van der Waals surface area contributed by atoms with Crippen molar-refractivity contribution < 1.29 is 226 Å². The Balaban J connectivity index is -0.00000000161. The van der Waals surface area contributed by atoms with Crippen LogP contribution in [0.15, 0.2) is 0 Å². The van der Waals surface area contributed by atoms with E-state index in [1.807, 2.05) is 0 Å². The summed E-state index contributed by atoms with van der Waals surface area (Å²) < 4.78 is 0. The van der Waals surface area contributed by atoms with Gasteiger partial charge in [0, 0.05) is 0 Å². The summed E-state index contributed by atoms with van der Waals surface area (Å²) in [6, 6.07) is 0. The molecule has 8 heteroatoms. The predicted molar refractivity (Wildman–Crippen MR) is 16.9 cm³/mol. The van der Waals surface area contributed by atoms with Gasteiger partial charge in [-0.2, -0.15) is 0 Å². The Hall–Kier alpha value is 6.49. The summed E-state index contributed by atoms with van der Waals surface area (Å²) in [5, 5.41) is 21.5. The number of hydrogen-bond donors (Lipinski definition) is 3. The Labute approximate surface area is 225 Å². The minimum Gasteiger partial charge on any atom is -1.00 e. The second-order valence-corrected chi connectivity index (χ2v) is 0.346. The van der Waals surface area contributed by atoms with Gasteiger partial charge in [-0.15, -0.1) is 0 Å². The van der Waals surface area contributed by atoms with Gasteiger partial charge in [0.25, 0.3) is 0 Å². The summed E-state index contributed by atoms with van der Waals surface area (Å²) in [7, 11) is -2.17.